The number of halogens is 1. The number of rotatable bonds is 8. The average molecular weight is 265 g/mol. The van der Waals surface area contributed by atoms with E-state index in [9.17, 15) is 4.39 Å². The Hall–Kier alpha value is -1.09. The van der Waals surface area contributed by atoms with E-state index >= 15 is 0 Å². The number of hydrogen-bond acceptors (Lipinski definition) is 2. The van der Waals surface area contributed by atoms with Gasteiger partial charge < -0.3 is 10.1 Å². The van der Waals surface area contributed by atoms with E-state index in [0.29, 0.717) is 11.7 Å². The molecule has 1 aliphatic carbocycles. The Morgan fingerprint density at radius 3 is 2.68 bits per heavy atom. The molecule has 1 aliphatic rings. The molecule has 3 heteroatoms. The molecule has 0 atom stereocenters. The fourth-order valence-corrected chi connectivity index (χ4v) is 2.34. The highest BCUT2D eigenvalue weighted by Crippen LogP contribution is 2.29. The molecule has 1 fully saturated rings. The number of anilines is 1. The first kappa shape index (κ1) is 14.3. The van der Waals surface area contributed by atoms with E-state index in [4.69, 9.17) is 4.74 Å². The Kier molecular flexibility index (Phi) is 5.20. The molecule has 0 saturated heterocycles. The Morgan fingerprint density at radius 1 is 1.26 bits per heavy atom. The minimum Gasteiger partial charge on any atom is -0.385 e. The fraction of sp³-hybridized carbons (Fsp3) is 0.625. The highest BCUT2D eigenvalue weighted by molar-refractivity contribution is 5.51. The molecule has 0 amide bonds. The Morgan fingerprint density at radius 2 is 2.05 bits per heavy atom. The number of ether oxygens (including phenoxy) is 1. The van der Waals surface area contributed by atoms with Crippen LogP contribution in [0.4, 0.5) is 10.1 Å². The van der Waals surface area contributed by atoms with E-state index in [1.807, 2.05) is 6.07 Å². The Balaban J connectivity index is 2.04. The molecule has 0 radical (unpaired) electrons. The van der Waals surface area contributed by atoms with Crippen molar-refractivity contribution in [1.29, 1.82) is 0 Å². The van der Waals surface area contributed by atoms with Gasteiger partial charge in [-0.3, -0.25) is 0 Å². The SMILES string of the molecule is CCc1cc(F)c(NC2CC2)cc1CCCCOC. The molecule has 1 aromatic rings. The van der Waals surface area contributed by atoms with Gasteiger partial charge in [-0.15, -0.1) is 0 Å². The summed E-state index contributed by atoms with van der Waals surface area (Å²) in [5.41, 5.74) is 3.10. The van der Waals surface area contributed by atoms with Gasteiger partial charge in [0.05, 0.1) is 5.69 Å². The molecule has 0 bridgehead atoms. The monoisotopic (exact) mass is 265 g/mol. The molecule has 106 valence electrons. The van der Waals surface area contributed by atoms with Crippen molar-refractivity contribution in [3.63, 3.8) is 0 Å². The molecule has 1 saturated carbocycles. The van der Waals surface area contributed by atoms with E-state index in [0.717, 1.165) is 50.7 Å². The Labute approximate surface area is 115 Å². The highest BCUT2D eigenvalue weighted by atomic mass is 19.1. The fourth-order valence-electron chi connectivity index (χ4n) is 2.34. The maximum absolute atomic E-state index is 14.0. The average Bonchev–Trinajstić information content (AvgIpc) is 3.21. The van der Waals surface area contributed by atoms with Crippen molar-refractivity contribution in [2.24, 2.45) is 0 Å². The molecule has 0 aromatic heterocycles. The van der Waals surface area contributed by atoms with Crippen LogP contribution in [0.1, 0.15) is 43.7 Å². The number of nitrogens with one attached hydrogen (secondary N) is 1. The minimum atomic E-state index is -0.107. The zero-order valence-corrected chi connectivity index (χ0v) is 12.0. The molecule has 1 aromatic carbocycles. The summed E-state index contributed by atoms with van der Waals surface area (Å²) in [4.78, 5) is 0. The van der Waals surface area contributed by atoms with E-state index < -0.39 is 0 Å². The summed E-state index contributed by atoms with van der Waals surface area (Å²) in [7, 11) is 1.73. The van der Waals surface area contributed by atoms with Crippen molar-refractivity contribution in [3.8, 4) is 0 Å². The van der Waals surface area contributed by atoms with Gasteiger partial charge in [0.1, 0.15) is 5.82 Å². The third kappa shape index (κ3) is 4.20. The number of benzene rings is 1. The van der Waals surface area contributed by atoms with Crippen molar-refractivity contribution in [2.45, 2.75) is 51.5 Å². The maximum Gasteiger partial charge on any atom is 0.146 e. The number of methoxy groups -OCH3 is 1. The van der Waals surface area contributed by atoms with Crippen LogP contribution < -0.4 is 5.32 Å². The maximum atomic E-state index is 14.0. The number of hydrogen-bond donors (Lipinski definition) is 1. The summed E-state index contributed by atoms with van der Waals surface area (Å²) in [6.07, 6.45) is 6.38. The summed E-state index contributed by atoms with van der Waals surface area (Å²) >= 11 is 0. The quantitative estimate of drug-likeness (QED) is 0.719. The van der Waals surface area contributed by atoms with Crippen molar-refractivity contribution >= 4 is 5.69 Å². The number of unbranched alkanes of at least 4 members (excludes halogenated alkanes) is 1. The lowest BCUT2D eigenvalue weighted by Gasteiger charge is -2.13. The topological polar surface area (TPSA) is 21.3 Å². The molecule has 0 heterocycles. The first-order chi connectivity index (χ1) is 9.24. The number of aryl methyl sites for hydroxylation is 2. The summed E-state index contributed by atoms with van der Waals surface area (Å²) in [6, 6.07) is 4.21. The molecule has 2 rings (SSSR count). The van der Waals surface area contributed by atoms with Gasteiger partial charge in [0.15, 0.2) is 0 Å². The summed E-state index contributed by atoms with van der Waals surface area (Å²) in [6.45, 7) is 2.89. The summed E-state index contributed by atoms with van der Waals surface area (Å²) in [5, 5.41) is 3.28. The zero-order chi connectivity index (χ0) is 13.7. The van der Waals surface area contributed by atoms with Crippen LogP contribution in [0.3, 0.4) is 0 Å². The summed E-state index contributed by atoms with van der Waals surface area (Å²) in [5.74, 6) is -0.107. The van der Waals surface area contributed by atoms with Crippen LogP contribution in [0.2, 0.25) is 0 Å². The molecular formula is C16H24FNO. The lowest BCUT2D eigenvalue weighted by molar-refractivity contribution is 0.193. The molecular weight excluding hydrogens is 241 g/mol. The largest absolute Gasteiger partial charge is 0.385 e. The molecule has 0 unspecified atom stereocenters. The van der Waals surface area contributed by atoms with Gasteiger partial charge in [-0.05, 0) is 61.8 Å². The minimum absolute atomic E-state index is 0.107. The van der Waals surface area contributed by atoms with Crippen LogP contribution in [-0.2, 0) is 17.6 Å². The van der Waals surface area contributed by atoms with Crippen LogP contribution in [0.25, 0.3) is 0 Å². The zero-order valence-electron chi connectivity index (χ0n) is 12.0. The highest BCUT2D eigenvalue weighted by Gasteiger charge is 2.22. The lowest BCUT2D eigenvalue weighted by atomic mass is 9.99. The predicted octanol–water partition coefficient (Wildman–Crippen LogP) is 3.93. The molecule has 2 nitrogen and oxygen atoms in total. The van der Waals surface area contributed by atoms with E-state index in [-0.39, 0.29) is 5.82 Å². The molecule has 0 spiro atoms. The van der Waals surface area contributed by atoms with E-state index in [1.165, 1.54) is 5.56 Å². The third-order valence-electron chi connectivity index (χ3n) is 3.65. The van der Waals surface area contributed by atoms with Gasteiger partial charge in [0.2, 0.25) is 0 Å². The predicted molar refractivity (Wildman–Crippen MR) is 77.2 cm³/mol. The van der Waals surface area contributed by atoms with E-state index in [1.54, 1.807) is 13.2 Å². The first-order valence-electron chi connectivity index (χ1n) is 7.31. The van der Waals surface area contributed by atoms with Crippen LogP contribution >= 0.6 is 0 Å². The Bertz CT molecular complexity index is 415. The van der Waals surface area contributed by atoms with Crippen LogP contribution in [-0.4, -0.2) is 19.8 Å². The van der Waals surface area contributed by atoms with Gasteiger partial charge in [0.25, 0.3) is 0 Å². The van der Waals surface area contributed by atoms with Gasteiger partial charge in [0, 0.05) is 19.8 Å². The van der Waals surface area contributed by atoms with Crippen LogP contribution in [0, 0.1) is 5.82 Å². The second kappa shape index (κ2) is 6.90. The van der Waals surface area contributed by atoms with Gasteiger partial charge in [-0.25, -0.2) is 4.39 Å². The lowest BCUT2D eigenvalue weighted by Crippen LogP contribution is -2.06. The van der Waals surface area contributed by atoms with Crippen molar-refractivity contribution in [2.75, 3.05) is 19.0 Å². The van der Waals surface area contributed by atoms with Crippen molar-refractivity contribution in [3.05, 3.63) is 29.1 Å². The van der Waals surface area contributed by atoms with Crippen LogP contribution in [0.15, 0.2) is 12.1 Å². The first-order valence-corrected chi connectivity index (χ1v) is 7.31. The van der Waals surface area contributed by atoms with Gasteiger partial charge in [-0.1, -0.05) is 6.92 Å². The second-order valence-electron chi connectivity index (χ2n) is 5.32. The van der Waals surface area contributed by atoms with Crippen molar-refractivity contribution in [1.82, 2.24) is 0 Å². The third-order valence-corrected chi connectivity index (χ3v) is 3.65. The molecule has 0 aliphatic heterocycles. The molecule has 1 N–H and O–H groups in total. The second-order valence-corrected chi connectivity index (χ2v) is 5.32. The summed E-state index contributed by atoms with van der Waals surface area (Å²) < 4.78 is 19.0. The normalized spacial score (nSPS) is 14.7. The van der Waals surface area contributed by atoms with Gasteiger partial charge in [-0.2, -0.15) is 0 Å². The molecule has 19 heavy (non-hydrogen) atoms. The van der Waals surface area contributed by atoms with Crippen LogP contribution in [0.5, 0.6) is 0 Å². The smallest absolute Gasteiger partial charge is 0.146 e. The van der Waals surface area contributed by atoms with Crippen molar-refractivity contribution < 1.29 is 9.13 Å². The standard InChI is InChI=1S/C16H24FNO/c1-3-12-10-15(17)16(18-14-7-8-14)11-13(12)6-4-5-9-19-2/h10-11,14,18H,3-9H2,1-2H3. The van der Waals surface area contributed by atoms with Gasteiger partial charge >= 0.3 is 0 Å². The van der Waals surface area contributed by atoms with E-state index in [2.05, 4.69) is 12.2 Å².